The number of hydrogen-bond donors (Lipinski definition) is 1. The zero-order valence-corrected chi connectivity index (χ0v) is 11.5. The summed E-state index contributed by atoms with van der Waals surface area (Å²) in [4.78, 5) is 13.1. The van der Waals surface area contributed by atoms with Crippen molar-refractivity contribution >= 4 is 5.97 Å². The normalized spacial score (nSPS) is 19.8. The van der Waals surface area contributed by atoms with Gasteiger partial charge in [-0.05, 0) is 44.5 Å². The summed E-state index contributed by atoms with van der Waals surface area (Å²) in [7, 11) is 0. The van der Waals surface area contributed by atoms with Gasteiger partial charge in [0.1, 0.15) is 5.75 Å². The van der Waals surface area contributed by atoms with Crippen LogP contribution in [0.15, 0.2) is 24.3 Å². The molecule has 104 valence electrons. The fourth-order valence-electron chi connectivity index (χ4n) is 2.43. The third kappa shape index (κ3) is 3.96. The second-order valence-corrected chi connectivity index (χ2v) is 5.37. The Morgan fingerprint density at radius 3 is 2.95 bits per heavy atom. The second-order valence-electron chi connectivity index (χ2n) is 5.37. The maximum atomic E-state index is 10.9. The average molecular weight is 263 g/mol. The Morgan fingerprint density at radius 1 is 1.53 bits per heavy atom. The molecule has 0 saturated carbocycles. The van der Waals surface area contributed by atoms with Gasteiger partial charge in [0, 0.05) is 13.1 Å². The molecule has 1 unspecified atom stereocenters. The minimum Gasteiger partial charge on any atom is -0.491 e. The minimum atomic E-state index is -0.681. The van der Waals surface area contributed by atoms with E-state index in [1.165, 1.54) is 5.56 Å². The van der Waals surface area contributed by atoms with Crippen LogP contribution in [0.4, 0.5) is 0 Å². The van der Waals surface area contributed by atoms with Crippen molar-refractivity contribution in [3.63, 3.8) is 0 Å². The van der Waals surface area contributed by atoms with Crippen LogP contribution in [0.1, 0.15) is 25.8 Å². The smallest absolute Gasteiger partial charge is 0.307 e. The molecule has 1 aromatic rings. The first-order valence-electron chi connectivity index (χ1n) is 6.75. The third-order valence-electron chi connectivity index (χ3n) is 3.30. The number of carbonyl (C=O) groups is 1. The molecule has 1 N–H and O–H groups in total. The van der Waals surface area contributed by atoms with Crippen molar-refractivity contribution in [1.82, 2.24) is 4.90 Å². The fraction of sp³-hybridized carbons (Fsp3) is 0.533. The number of likely N-dealkylation sites (tertiary alicyclic amines) is 1. The van der Waals surface area contributed by atoms with Gasteiger partial charge in [0.15, 0.2) is 0 Å². The van der Waals surface area contributed by atoms with Gasteiger partial charge in [0.25, 0.3) is 0 Å². The zero-order chi connectivity index (χ0) is 13.8. The highest BCUT2D eigenvalue weighted by Crippen LogP contribution is 2.21. The molecule has 1 aromatic carbocycles. The molecule has 0 aliphatic carbocycles. The van der Waals surface area contributed by atoms with Gasteiger partial charge in [-0.3, -0.25) is 9.69 Å². The molecular weight excluding hydrogens is 242 g/mol. The molecule has 1 saturated heterocycles. The standard InChI is InChI=1S/C15H21NO3/c1-11(2)19-14-5-3-4-12(8-14)9-16-7-6-13(10-16)15(17)18/h3-5,8,11,13H,6-7,9-10H2,1-2H3,(H,17,18). The highest BCUT2D eigenvalue weighted by Gasteiger charge is 2.27. The Morgan fingerprint density at radius 2 is 2.32 bits per heavy atom. The SMILES string of the molecule is CC(C)Oc1cccc(CN2CCC(C(=O)O)C2)c1. The summed E-state index contributed by atoms with van der Waals surface area (Å²) in [6.07, 6.45) is 0.913. The molecule has 4 heteroatoms. The number of aliphatic carboxylic acids is 1. The molecule has 1 fully saturated rings. The van der Waals surface area contributed by atoms with Gasteiger partial charge in [0.2, 0.25) is 0 Å². The van der Waals surface area contributed by atoms with Crippen LogP contribution < -0.4 is 4.74 Å². The number of ether oxygens (including phenoxy) is 1. The van der Waals surface area contributed by atoms with Crippen molar-refractivity contribution < 1.29 is 14.6 Å². The van der Waals surface area contributed by atoms with Gasteiger partial charge in [-0.15, -0.1) is 0 Å². The van der Waals surface area contributed by atoms with E-state index in [4.69, 9.17) is 9.84 Å². The lowest BCUT2D eigenvalue weighted by Crippen LogP contribution is -2.22. The van der Waals surface area contributed by atoms with Crippen molar-refractivity contribution in [2.75, 3.05) is 13.1 Å². The molecule has 1 atom stereocenters. The fourth-order valence-corrected chi connectivity index (χ4v) is 2.43. The van der Waals surface area contributed by atoms with Crippen LogP contribution in [0.25, 0.3) is 0 Å². The minimum absolute atomic E-state index is 0.165. The second kappa shape index (κ2) is 6.06. The Balaban J connectivity index is 1.94. The number of carboxylic acids is 1. The van der Waals surface area contributed by atoms with E-state index in [-0.39, 0.29) is 12.0 Å². The van der Waals surface area contributed by atoms with Crippen LogP contribution in [0, 0.1) is 5.92 Å². The van der Waals surface area contributed by atoms with E-state index in [1.807, 2.05) is 32.0 Å². The Kier molecular flexibility index (Phi) is 4.43. The lowest BCUT2D eigenvalue weighted by atomic mass is 10.1. The molecule has 19 heavy (non-hydrogen) atoms. The summed E-state index contributed by atoms with van der Waals surface area (Å²) < 4.78 is 5.67. The Hall–Kier alpha value is -1.55. The van der Waals surface area contributed by atoms with E-state index in [0.717, 1.165) is 25.3 Å². The van der Waals surface area contributed by atoms with Crippen molar-refractivity contribution in [2.45, 2.75) is 32.9 Å². The number of benzene rings is 1. The summed E-state index contributed by atoms with van der Waals surface area (Å²) in [5.41, 5.74) is 1.17. The monoisotopic (exact) mass is 263 g/mol. The van der Waals surface area contributed by atoms with Crippen molar-refractivity contribution in [2.24, 2.45) is 5.92 Å². The molecule has 1 heterocycles. The number of carboxylic acid groups (broad SMARTS) is 1. The topological polar surface area (TPSA) is 49.8 Å². The summed E-state index contributed by atoms with van der Waals surface area (Å²) in [6, 6.07) is 8.03. The summed E-state index contributed by atoms with van der Waals surface area (Å²) in [5.74, 6) is -0.0176. The molecular formula is C15H21NO3. The highest BCUT2D eigenvalue weighted by atomic mass is 16.5. The molecule has 1 aliphatic heterocycles. The van der Waals surface area contributed by atoms with Crippen LogP contribution >= 0.6 is 0 Å². The summed E-state index contributed by atoms with van der Waals surface area (Å²) in [6.45, 7) is 6.30. The van der Waals surface area contributed by atoms with E-state index < -0.39 is 5.97 Å². The maximum absolute atomic E-state index is 10.9. The zero-order valence-electron chi connectivity index (χ0n) is 11.5. The molecule has 0 amide bonds. The number of nitrogens with zero attached hydrogens (tertiary/aromatic N) is 1. The lowest BCUT2D eigenvalue weighted by Gasteiger charge is -2.16. The van der Waals surface area contributed by atoms with Crippen molar-refractivity contribution in [3.05, 3.63) is 29.8 Å². The van der Waals surface area contributed by atoms with Gasteiger partial charge in [-0.1, -0.05) is 12.1 Å². The van der Waals surface area contributed by atoms with Crippen LogP contribution in [0.5, 0.6) is 5.75 Å². The van der Waals surface area contributed by atoms with Gasteiger partial charge < -0.3 is 9.84 Å². The highest BCUT2D eigenvalue weighted by molar-refractivity contribution is 5.70. The molecule has 0 aromatic heterocycles. The molecule has 4 nitrogen and oxygen atoms in total. The van der Waals surface area contributed by atoms with Crippen LogP contribution in [0.2, 0.25) is 0 Å². The average Bonchev–Trinajstić information content (AvgIpc) is 2.77. The van der Waals surface area contributed by atoms with Crippen molar-refractivity contribution in [1.29, 1.82) is 0 Å². The summed E-state index contributed by atoms with van der Waals surface area (Å²) in [5, 5.41) is 8.99. The van der Waals surface area contributed by atoms with E-state index in [0.29, 0.717) is 6.54 Å². The predicted octanol–water partition coefficient (Wildman–Crippen LogP) is 2.38. The van der Waals surface area contributed by atoms with Gasteiger partial charge in [0.05, 0.1) is 12.0 Å². The van der Waals surface area contributed by atoms with E-state index in [2.05, 4.69) is 11.0 Å². The summed E-state index contributed by atoms with van der Waals surface area (Å²) >= 11 is 0. The largest absolute Gasteiger partial charge is 0.491 e. The number of rotatable bonds is 5. The Labute approximate surface area is 114 Å². The van der Waals surface area contributed by atoms with Crippen molar-refractivity contribution in [3.8, 4) is 5.75 Å². The molecule has 0 bridgehead atoms. The quantitative estimate of drug-likeness (QED) is 0.886. The van der Waals surface area contributed by atoms with E-state index in [1.54, 1.807) is 0 Å². The first-order chi connectivity index (χ1) is 9.04. The number of hydrogen-bond acceptors (Lipinski definition) is 3. The van der Waals surface area contributed by atoms with Crippen LogP contribution in [-0.4, -0.2) is 35.2 Å². The van der Waals surface area contributed by atoms with Gasteiger partial charge in [-0.25, -0.2) is 0 Å². The van der Waals surface area contributed by atoms with E-state index >= 15 is 0 Å². The van der Waals surface area contributed by atoms with E-state index in [9.17, 15) is 4.79 Å². The first-order valence-corrected chi connectivity index (χ1v) is 6.75. The molecule has 1 aliphatic rings. The molecule has 2 rings (SSSR count). The predicted molar refractivity (Wildman–Crippen MR) is 73.2 cm³/mol. The van der Waals surface area contributed by atoms with Gasteiger partial charge in [-0.2, -0.15) is 0 Å². The first kappa shape index (κ1) is 13.9. The maximum Gasteiger partial charge on any atom is 0.307 e. The lowest BCUT2D eigenvalue weighted by molar-refractivity contribution is -0.141. The van der Waals surface area contributed by atoms with Crippen LogP contribution in [0.3, 0.4) is 0 Å². The van der Waals surface area contributed by atoms with Gasteiger partial charge >= 0.3 is 5.97 Å². The third-order valence-corrected chi connectivity index (χ3v) is 3.30. The Bertz CT molecular complexity index is 445. The molecule has 0 spiro atoms. The van der Waals surface area contributed by atoms with Crippen LogP contribution in [-0.2, 0) is 11.3 Å². The molecule has 0 radical (unpaired) electrons.